The van der Waals surface area contributed by atoms with Gasteiger partial charge in [0.1, 0.15) is 0 Å². The van der Waals surface area contributed by atoms with E-state index >= 15 is 0 Å². The maximum absolute atomic E-state index is 12.2. The summed E-state index contributed by atoms with van der Waals surface area (Å²) < 4.78 is 25.2. The molecule has 1 fully saturated rings. The summed E-state index contributed by atoms with van der Waals surface area (Å²) >= 11 is 6.73. The number of hydrogen-bond donors (Lipinski definition) is 2. The molecule has 1 aromatic carbocycles. The summed E-state index contributed by atoms with van der Waals surface area (Å²) in [5.74, 6) is -0.0454. The smallest absolute Gasteiger partial charge is 0.234 e. The Morgan fingerprint density at radius 1 is 1.39 bits per heavy atom. The van der Waals surface area contributed by atoms with Gasteiger partial charge in [-0.15, -0.1) is 5.10 Å². The molecule has 11 heteroatoms. The van der Waals surface area contributed by atoms with Crippen LogP contribution < -0.4 is 10.6 Å². The van der Waals surface area contributed by atoms with Crippen molar-refractivity contribution < 1.29 is 13.2 Å². The number of aromatic nitrogens is 2. The molecule has 1 aliphatic rings. The Balaban J connectivity index is 1.53. The van der Waals surface area contributed by atoms with Crippen LogP contribution in [0.25, 0.3) is 0 Å². The van der Waals surface area contributed by atoms with Gasteiger partial charge in [-0.2, -0.15) is 0 Å². The number of nitrogens with zero attached hydrogens (tertiary/aromatic N) is 3. The highest BCUT2D eigenvalue weighted by Gasteiger charge is 2.29. The van der Waals surface area contributed by atoms with Crippen LogP contribution in [0, 0.1) is 10.9 Å². The summed E-state index contributed by atoms with van der Waals surface area (Å²) in [4.78, 5) is 13.9. The lowest BCUT2D eigenvalue weighted by molar-refractivity contribution is -0.122. The van der Waals surface area contributed by atoms with Gasteiger partial charge in [0.15, 0.2) is 13.8 Å². The minimum absolute atomic E-state index is 0.0215. The molecule has 1 saturated heterocycles. The van der Waals surface area contributed by atoms with Gasteiger partial charge in [0.25, 0.3) is 0 Å². The first-order valence-electron chi connectivity index (χ1n) is 8.80. The summed E-state index contributed by atoms with van der Waals surface area (Å²) in [7, 11) is -1.22. The van der Waals surface area contributed by atoms with Crippen molar-refractivity contribution >= 4 is 50.1 Å². The average molecular weight is 442 g/mol. The van der Waals surface area contributed by atoms with Crippen molar-refractivity contribution in [2.45, 2.75) is 26.1 Å². The molecule has 152 valence electrons. The molecule has 0 aliphatic carbocycles. The third-order valence-electron chi connectivity index (χ3n) is 4.30. The molecular formula is C17H23N5O3S3. The van der Waals surface area contributed by atoms with Crippen molar-refractivity contribution in [3.8, 4) is 0 Å². The second-order valence-corrected chi connectivity index (χ2v) is 10.8. The fourth-order valence-electron chi connectivity index (χ4n) is 2.91. The van der Waals surface area contributed by atoms with E-state index < -0.39 is 9.84 Å². The number of benzene rings is 1. The van der Waals surface area contributed by atoms with Crippen LogP contribution in [0.15, 0.2) is 24.3 Å². The summed E-state index contributed by atoms with van der Waals surface area (Å²) in [6, 6.07) is 7.69. The molecule has 1 unspecified atom stereocenters. The van der Waals surface area contributed by atoms with Crippen molar-refractivity contribution in [3.63, 3.8) is 0 Å². The number of sulfone groups is 1. The van der Waals surface area contributed by atoms with Crippen LogP contribution in [0.5, 0.6) is 0 Å². The van der Waals surface area contributed by atoms with Crippen molar-refractivity contribution in [1.29, 1.82) is 0 Å². The zero-order valence-corrected chi connectivity index (χ0v) is 18.2. The van der Waals surface area contributed by atoms with Crippen molar-refractivity contribution in [3.05, 3.63) is 33.8 Å². The van der Waals surface area contributed by atoms with Gasteiger partial charge < -0.3 is 10.6 Å². The molecule has 1 atom stereocenters. The molecule has 1 amide bonds. The second-order valence-electron chi connectivity index (χ2n) is 6.99. The normalized spacial score (nSPS) is 18.3. The van der Waals surface area contributed by atoms with E-state index in [4.69, 9.17) is 12.2 Å². The number of carbonyl (C=O) groups excluding carboxylic acids is 1. The molecule has 3 rings (SSSR count). The van der Waals surface area contributed by atoms with Gasteiger partial charge in [-0.1, -0.05) is 29.0 Å². The quantitative estimate of drug-likeness (QED) is 0.634. The zero-order valence-electron chi connectivity index (χ0n) is 15.7. The van der Waals surface area contributed by atoms with E-state index in [1.165, 1.54) is 16.9 Å². The van der Waals surface area contributed by atoms with E-state index in [2.05, 4.69) is 15.7 Å². The number of likely N-dealkylation sites (N-methyl/N-ethyl adjacent to an activating group) is 1. The van der Waals surface area contributed by atoms with Gasteiger partial charge in [0, 0.05) is 11.7 Å². The van der Waals surface area contributed by atoms with E-state index in [1.54, 1.807) is 16.6 Å². The molecule has 0 saturated carbocycles. The van der Waals surface area contributed by atoms with Gasteiger partial charge in [-0.05, 0) is 44.7 Å². The van der Waals surface area contributed by atoms with Gasteiger partial charge in [-0.3, -0.25) is 9.69 Å². The zero-order chi connectivity index (χ0) is 20.3. The fourth-order valence-corrected chi connectivity index (χ4v) is 5.60. The Hall–Kier alpha value is -1.82. The standard InChI is InChI=1S/C17H23N5O3S3/c1-12-3-5-13(6-4-12)19-16-20-22(17(26)27-16)11-21(2)9-15(23)18-14-7-8-28(24,25)10-14/h3-6,14H,7-11H2,1-2H3,(H,18,23)(H,19,20). The molecule has 0 bridgehead atoms. The lowest BCUT2D eigenvalue weighted by atomic mass is 10.2. The molecule has 0 spiro atoms. The third kappa shape index (κ3) is 5.84. The first-order valence-corrected chi connectivity index (χ1v) is 11.8. The molecule has 1 aliphatic heterocycles. The molecule has 2 heterocycles. The van der Waals surface area contributed by atoms with Crippen LogP contribution in [-0.4, -0.2) is 60.1 Å². The predicted molar refractivity (Wildman–Crippen MR) is 113 cm³/mol. The summed E-state index contributed by atoms with van der Waals surface area (Å²) in [6.45, 7) is 2.53. The van der Waals surface area contributed by atoms with E-state index in [1.807, 2.05) is 31.2 Å². The fraction of sp³-hybridized carbons (Fsp3) is 0.471. The SMILES string of the molecule is Cc1ccc(Nc2nn(CN(C)CC(=O)NC3CCS(=O)(=O)C3)c(=S)s2)cc1. The lowest BCUT2D eigenvalue weighted by Gasteiger charge is -2.17. The van der Waals surface area contributed by atoms with Crippen LogP contribution >= 0.6 is 23.6 Å². The van der Waals surface area contributed by atoms with Gasteiger partial charge in [0.2, 0.25) is 11.0 Å². The maximum Gasteiger partial charge on any atom is 0.234 e. The Bertz CT molecular complexity index is 998. The molecule has 2 aromatic rings. The van der Waals surface area contributed by atoms with Gasteiger partial charge >= 0.3 is 0 Å². The molecule has 1 aromatic heterocycles. The van der Waals surface area contributed by atoms with Crippen LogP contribution in [-0.2, 0) is 21.3 Å². The van der Waals surface area contributed by atoms with E-state index in [0.29, 0.717) is 22.2 Å². The van der Waals surface area contributed by atoms with Crippen molar-refractivity contribution in [2.75, 3.05) is 30.4 Å². The Labute approximate surface area is 173 Å². The van der Waals surface area contributed by atoms with E-state index in [0.717, 1.165) is 5.69 Å². The number of hydrogen-bond acceptors (Lipinski definition) is 8. The number of carbonyl (C=O) groups is 1. The number of rotatable bonds is 7. The van der Waals surface area contributed by atoms with Crippen LogP contribution in [0.3, 0.4) is 0 Å². The minimum Gasteiger partial charge on any atom is -0.351 e. The number of nitrogens with one attached hydrogen (secondary N) is 2. The molecule has 8 nitrogen and oxygen atoms in total. The Kier molecular flexibility index (Phi) is 6.48. The van der Waals surface area contributed by atoms with Crippen molar-refractivity contribution in [1.82, 2.24) is 20.0 Å². The number of anilines is 2. The third-order valence-corrected chi connectivity index (χ3v) is 7.29. The first-order chi connectivity index (χ1) is 13.2. The topological polar surface area (TPSA) is 96.3 Å². The molecular weight excluding hydrogens is 418 g/mol. The highest BCUT2D eigenvalue weighted by atomic mass is 32.2. The second kappa shape index (κ2) is 8.68. The van der Waals surface area contributed by atoms with Crippen molar-refractivity contribution in [2.24, 2.45) is 0 Å². The highest BCUT2D eigenvalue weighted by Crippen LogP contribution is 2.20. The maximum atomic E-state index is 12.2. The van der Waals surface area contributed by atoms with Gasteiger partial charge in [-0.25, -0.2) is 13.1 Å². The summed E-state index contributed by atoms with van der Waals surface area (Å²) in [5, 5.41) is 11.2. The summed E-state index contributed by atoms with van der Waals surface area (Å²) in [5.41, 5.74) is 2.11. The van der Waals surface area contributed by atoms with E-state index in [9.17, 15) is 13.2 Å². The monoisotopic (exact) mass is 441 g/mol. The number of amides is 1. The minimum atomic E-state index is -3.01. The molecule has 2 N–H and O–H groups in total. The largest absolute Gasteiger partial charge is 0.351 e. The molecule has 28 heavy (non-hydrogen) atoms. The lowest BCUT2D eigenvalue weighted by Crippen LogP contribution is -2.42. The van der Waals surface area contributed by atoms with Crippen LogP contribution in [0.4, 0.5) is 10.8 Å². The van der Waals surface area contributed by atoms with Crippen LogP contribution in [0.2, 0.25) is 0 Å². The molecule has 0 radical (unpaired) electrons. The predicted octanol–water partition coefficient (Wildman–Crippen LogP) is 1.92. The first kappa shape index (κ1) is 20.9. The average Bonchev–Trinajstić information content (AvgIpc) is 3.11. The van der Waals surface area contributed by atoms with E-state index in [-0.39, 0.29) is 30.0 Å². The van der Waals surface area contributed by atoms with Crippen LogP contribution in [0.1, 0.15) is 12.0 Å². The Morgan fingerprint density at radius 2 is 2.11 bits per heavy atom. The highest BCUT2D eigenvalue weighted by molar-refractivity contribution is 7.91. The Morgan fingerprint density at radius 3 is 2.75 bits per heavy atom. The van der Waals surface area contributed by atoms with Gasteiger partial charge in [0.05, 0.1) is 24.7 Å². The number of aryl methyl sites for hydroxylation is 1. The summed E-state index contributed by atoms with van der Waals surface area (Å²) in [6.07, 6.45) is 0.475.